The standard InChI is InChI=1S/C15H15FN4O4/c1-2-3-8-19-14(21)7-6-12(18-19)15(22)17-10-4-5-11(16)13(9-10)20(23)24/h4-7,9H,2-3,8H2,1H3,(H,17,22). The quantitative estimate of drug-likeness (QED) is 0.644. The van der Waals surface area contributed by atoms with Gasteiger partial charge in [-0.2, -0.15) is 9.49 Å². The van der Waals surface area contributed by atoms with Crippen LogP contribution in [-0.4, -0.2) is 20.6 Å². The summed E-state index contributed by atoms with van der Waals surface area (Å²) in [6, 6.07) is 5.50. The van der Waals surface area contributed by atoms with Crippen molar-refractivity contribution >= 4 is 17.3 Å². The van der Waals surface area contributed by atoms with Gasteiger partial charge in [0.15, 0.2) is 0 Å². The van der Waals surface area contributed by atoms with Gasteiger partial charge in [-0.15, -0.1) is 0 Å². The Hall–Kier alpha value is -3.10. The average molecular weight is 334 g/mol. The lowest BCUT2D eigenvalue weighted by Crippen LogP contribution is -2.26. The van der Waals surface area contributed by atoms with Gasteiger partial charge in [0.2, 0.25) is 5.82 Å². The second-order valence-electron chi connectivity index (χ2n) is 5.01. The van der Waals surface area contributed by atoms with E-state index >= 15 is 0 Å². The lowest BCUT2D eigenvalue weighted by molar-refractivity contribution is -0.387. The van der Waals surface area contributed by atoms with Crippen molar-refractivity contribution in [3.05, 3.63) is 62.3 Å². The number of hydrogen-bond donors (Lipinski definition) is 1. The summed E-state index contributed by atoms with van der Waals surface area (Å²) < 4.78 is 14.5. The summed E-state index contributed by atoms with van der Waals surface area (Å²) in [5.74, 6) is -1.65. The third-order valence-corrected chi connectivity index (χ3v) is 3.22. The molecule has 1 N–H and O–H groups in total. The summed E-state index contributed by atoms with van der Waals surface area (Å²) in [6.07, 6.45) is 1.60. The van der Waals surface area contributed by atoms with Gasteiger partial charge in [-0.05, 0) is 24.6 Å². The maximum Gasteiger partial charge on any atom is 0.306 e. The molecule has 24 heavy (non-hydrogen) atoms. The van der Waals surface area contributed by atoms with Gasteiger partial charge >= 0.3 is 5.69 Å². The van der Waals surface area contributed by atoms with Gasteiger partial charge in [0.1, 0.15) is 5.69 Å². The van der Waals surface area contributed by atoms with Crippen molar-refractivity contribution in [1.82, 2.24) is 9.78 Å². The fourth-order valence-corrected chi connectivity index (χ4v) is 1.96. The first-order valence-electron chi connectivity index (χ1n) is 7.26. The van der Waals surface area contributed by atoms with Gasteiger partial charge in [0.25, 0.3) is 11.5 Å². The topological polar surface area (TPSA) is 107 Å². The van der Waals surface area contributed by atoms with Gasteiger partial charge in [0, 0.05) is 24.4 Å². The van der Waals surface area contributed by atoms with Crippen LogP contribution in [0.1, 0.15) is 30.3 Å². The Labute approximate surface area is 136 Å². The highest BCUT2D eigenvalue weighted by molar-refractivity contribution is 6.02. The molecule has 0 bridgehead atoms. The number of halogens is 1. The Morgan fingerprint density at radius 3 is 2.79 bits per heavy atom. The number of unbranched alkanes of at least 4 members (excludes halogenated alkanes) is 1. The van der Waals surface area contributed by atoms with Crippen LogP contribution in [0.15, 0.2) is 35.1 Å². The van der Waals surface area contributed by atoms with Crippen molar-refractivity contribution < 1.29 is 14.1 Å². The molecule has 0 aliphatic rings. The number of aryl methyl sites for hydroxylation is 1. The Morgan fingerprint density at radius 1 is 1.38 bits per heavy atom. The number of amides is 1. The molecular formula is C15H15FN4O4. The Kier molecular flexibility index (Phi) is 5.35. The maximum absolute atomic E-state index is 13.3. The van der Waals surface area contributed by atoms with E-state index < -0.39 is 22.3 Å². The molecule has 0 aliphatic carbocycles. The maximum atomic E-state index is 13.3. The number of aromatic nitrogens is 2. The first-order valence-corrected chi connectivity index (χ1v) is 7.26. The molecule has 9 heteroatoms. The van der Waals surface area contributed by atoms with Crippen LogP contribution >= 0.6 is 0 Å². The molecule has 8 nitrogen and oxygen atoms in total. The number of nitrogens with zero attached hydrogens (tertiary/aromatic N) is 3. The number of benzene rings is 1. The molecule has 126 valence electrons. The van der Waals surface area contributed by atoms with Crippen molar-refractivity contribution in [2.75, 3.05) is 5.32 Å². The van der Waals surface area contributed by atoms with Crippen molar-refractivity contribution in [1.29, 1.82) is 0 Å². The van der Waals surface area contributed by atoms with Crippen LogP contribution in [0, 0.1) is 15.9 Å². The van der Waals surface area contributed by atoms with Gasteiger partial charge in [-0.1, -0.05) is 13.3 Å². The smallest absolute Gasteiger partial charge is 0.306 e. The molecule has 2 rings (SSSR count). The number of rotatable bonds is 6. The van der Waals surface area contributed by atoms with Crippen LogP contribution in [0.2, 0.25) is 0 Å². The van der Waals surface area contributed by atoms with Crippen LogP contribution in [-0.2, 0) is 6.54 Å². The van der Waals surface area contributed by atoms with Crippen LogP contribution in [0.25, 0.3) is 0 Å². The summed E-state index contributed by atoms with van der Waals surface area (Å²) in [7, 11) is 0. The van der Waals surface area contributed by atoms with Crippen molar-refractivity contribution in [3.8, 4) is 0 Å². The van der Waals surface area contributed by atoms with E-state index in [2.05, 4.69) is 10.4 Å². The first-order chi connectivity index (χ1) is 11.4. The Balaban J connectivity index is 2.22. The number of carbonyl (C=O) groups excluding carboxylic acids is 1. The number of carbonyl (C=O) groups is 1. The normalized spacial score (nSPS) is 10.4. The van der Waals surface area contributed by atoms with Gasteiger partial charge in [0.05, 0.1) is 4.92 Å². The minimum Gasteiger partial charge on any atom is -0.320 e. The molecule has 1 aromatic heterocycles. The first kappa shape index (κ1) is 17.3. The van der Waals surface area contributed by atoms with E-state index in [0.717, 1.165) is 25.0 Å². The van der Waals surface area contributed by atoms with E-state index in [1.165, 1.54) is 22.9 Å². The average Bonchev–Trinajstić information content (AvgIpc) is 2.55. The molecule has 1 amide bonds. The zero-order chi connectivity index (χ0) is 17.7. The van der Waals surface area contributed by atoms with Gasteiger partial charge in [-0.25, -0.2) is 4.68 Å². The molecule has 1 aromatic carbocycles. The summed E-state index contributed by atoms with van der Waals surface area (Å²) in [4.78, 5) is 33.7. The summed E-state index contributed by atoms with van der Waals surface area (Å²) >= 11 is 0. The molecule has 1 heterocycles. The molecular weight excluding hydrogens is 319 g/mol. The number of nitro benzene ring substituents is 1. The number of hydrogen-bond acceptors (Lipinski definition) is 5. The summed E-state index contributed by atoms with van der Waals surface area (Å²) in [5, 5.41) is 17.1. The van der Waals surface area contributed by atoms with E-state index in [9.17, 15) is 24.1 Å². The van der Waals surface area contributed by atoms with Crippen LogP contribution in [0.4, 0.5) is 15.8 Å². The zero-order valence-electron chi connectivity index (χ0n) is 12.9. The van der Waals surface area contributed by atoms with Crippen LogP contribution < -0.4 is 10.9 Å². The van der Waals surface area contributed by atoms with Crippen molar-refractivity contribution in [2.45, 2.75) is 26.3 Å². The predicted octanol–water partition coefficient (Wildman–Crippen LogP) is 2.34. The third-order valence-electron chi connectivity index (χ3n) is 3.22. The van der Waals surface area contributed by atoms with E-state index in [1.54, 1.807) is 0 Å². The highest BCUT2D eigenvalue weighted by atomic mass is 19.1. The molecule has 0 spiro atoms. The molecule has 0 saturated heterocycles. The Bertz CT molecular complexity index is 834. The van der Waals surface area contributed by atoms with E-state index in [0.29, 0.717) is 6.54 Å². The molecule has 0 radical (unpaired) electrons. The van der Waals surface area contributed by atoms with Crippen molar-refractivity contribution in [2.24, 2.45) is 0 Å². The molecule has 0 atom stereocenters. The van der Waals surface area contributed by atoms with E-state index in [1.807, 2.05) is 6.92 Å². The fourth-order valence-electron chi connectivity index (χ4n) is 1.96. The number of nitrogens with one attached hydrogen (secondary N) is 1. The molecule has 0 aliphatic heterocycles. The van der Waals surface area contributed by atoms with E-state index in [-0.39, 0.29) is 16.9 Å². The third kappa shape index (κ3) is 4.00. The number of anilines is 1. The zero-order valence-corrected chi connectivity index (χ0v) is 12.9. The largest absolute Gasteiger partial charge is 0.320 e. The van der Waals surface area contributed by atoms with Crippen LogP contribution in [0.5, 0.6) is 0 Å². The van der Waals surface area contributed by atoms with Crippen LogP contribution in [0.3, 0.4) is 0 Å². The summed E-state index contributed by atoms with van der Waals surface area (Å²) in [6.45, 7) is 2.35. The lowest BCUT2D eigenvalue weighted by Gasteiger charge is -2.07. The minimum absolute atomic E-state index is 0.0160. The second-order valence-corrected chi connectivity index (χ2v) is 5.01. The molecule has 2 aromatic rings. The highest BCUT2D eigenvalue weighted by Gasteiger charge is 2.16. The highest BCUT2D eigenvalue weighted by Crippen LogP contribution is 2.21. The van der Waals surface area contributed by atoms with Gasteiger partial charge in [-0.3, -0.25) is 19.7 Å². The fraction of sp³-hybridized carbons (Fsp3) is 0.267. The lowest BCUT2D eigenvalue weighted by atomic mass is 10.2. The van der Waals surface area contributed by atoms with Gasteiger partial charge < -0.3 is 5.32 Å². The SMILES string of the molecule is CCCCn1nc(C(=O)Nc2ccc(F)c([N+](=O)[O-])c2)ccc1=O. The number of nitro groups is 1. The van der Waals surface area contributed by atoms with Crippen molar-refractivity contribution in [3.63, 3.8) is 0 Å². The molecule has 0 unspecified atom stereocenters. The predicted molar refractivity (Wildman–Crippen MR) is 84.4 cm³/mol. The summed E-state index contributed by atoms with van der Waals surface area (Å²) in [5.41, 5.74) is -1.02. The van der Waals surface area contributed by atoms with E-state index in [4.69, 9.17) is 0 Å². The Morgan fingerprint density at radius 2 is 2.12 bits per heavy atom. The molecule has 0 fully saturated rings. The molecule has 0 saturated carbocycles. The second kappa shape index (κ2) is 7.44. The minimum atomic E-state index is -0.996. The monoisotopic (exact) mass is 334 g/mol.